The van der Waals surface area contributed by atoms with Gasteiger partial charge in [0.2, 0.25) is 0 Å². The molecule has 1 N–H and O–H groups in total. The first-order valence-electron chi connectivity index (χ1n) is 4.70. The molecule has 90 valence electrons. The van der Waals surface area contributed by atoms with Crippen molar-refractivity contribution in [2.75, 3.05) is 12.4 Å². The second kappa shape index (κ2) is 4.99. The summed E-state index contributed by atoms with van der Waals surface area (Å²) in [5.41, 5.74) is 0.333. The first-order valence-corrected chi connectivity index (χ1v) is 7.10. The Morgan fingerprint density at radius 1 is 1.35 bits per heavy atom. The van der Waals surface area contributed by atoms with Gasteiger partial charge in [0.05, 0.1) is 14.4 Å². The molecule has 0 bridgehead atoms. The number of hydrogen-bond acceptors (Lipinski definition) is 4. The third-order valence-electron chi connectivity index (χ3n) is 2.12. The molecule has 17 heavy (non-hydrogen) atoms. The highest BCUT2D eigenvalue weighted by Crippen LogP contribution is 2.37. The summed E-state index contributed by atoms with van der Waals surface area (Å²) in [4.78, 5) is 9.17. The predicted molar refractivity (Wildman–Crippen MR) is 75.0 cm³/mol. The van der Waals surface area contributed by atoms with Crippen molar-refractivity contribution in [3.05, 3.63) is 25.8 Å². The minimum absolute atomic E-state index is 0.216. The van der Waals surface area contributed by atoms with E-state index in [4.69, 9.17) is 0 Å². The lowest BCUT2D eigenvalue weighted by atomic mass is 10.3. The number of aryl methyl sites for hydroxylation is 1. The van der Waals surface area contributed by atoms with Gasteiger partial charge in [0.1, 0.15) is 0 Å². The molecule has 2 heterocycles. The van der Waals surface area contributed by atoms with Gasteiger partial charge in [0, 0.05) is 11.5 Å². The van der Waals surface area contributed by atoms with E-state index in [-0.39, 0.29) is 5.82 Å². The van der Waals surface area contributed by atoms with E-state index in [1.807, 2.05) is 6.07 Å². The van der Waals surface area contributed by atoms with E-state index in [2.05, 4.69) is 47.1 Å². The Balaban J connectivity index is 2.56. The molecule has 0 saturated heterocycles. The van der Waals surface area contributed by atoms with Crippen molar-refractivity contribution in [3.8, 4) is 10.7 Å². The van der Waals surface area contributed by atoms with Crippen LogP contribution in [0.15, 0.2) is 14.3 Å². The standard InChI is InChI=1S/C10H8Br2FN3S/c1-4-7(13)10(14-2)16-9(15-4)6-3-5(11)8(12)17-6/h3H,1-2H3,(H,14,15,16). The number of thiophene rings is 1. The SMILES string of the molecule is CNc1nc(-c2cc(Br)c(Br)s2)nc(C)c1F. The zero-order chi connectivity index (χ0) is 12.6. The van der Waals surface area contributed by atoms with Crippen molar-refractivity contribution in [3.63, 3.8) is 0 Å². The van der Waals surface area contributed by atoms with E-state index >= 15 is 0 Å². The molecule has 2 rings (SSSR count). The van der Waals surface area contributed by atoms with Crippen LogP contribution < -0.4 is 5.32 Å². The minimum Gasteiger partial charge on any atom is -0.371 e. The lowest BCUT2D eigenvalue weighted by Crippen LogP contribution is -2.02. The number of rotatable bonds is 2. The summed E-state index contributed by atoms with van der Waals surface area (Å²) < 4.78 is 15.5. The summed E-state index contributed by atoms with van der Waals surface area (Å²) in [7, 11) is 1.63. The number of anilines is 1. The van der Waals surface area contributed by atoms with Crippen LogP contribution in [0.2, 0.25) is 0 Å². The molecule has 0 fully saturated rings. The van der Waals surface area contributed by atoms with Crippen molar-refractivity contribution in [2.24, 2.45) is 0 Å². The topological polar surface area (TPSA) is 37.8 Å². The van der Waals surface area contributed by atoms with Gasteiger partial charge >= 0.3 is 0 Å². The van der Waals surface area contributed by atoms with E-state index in [1.165, 1.54) is 11.3 Å². The Morgan fingerprint density at radius 2 is 2.06 bits per heavy atom. The van der Waals surface area contributed by atoms with Gasteiger partial charge in [-0.3, -0.25) is 0 Å². The number of hydrogen-bond donors (Lipinski definition) is 1. The Labute approximate surface area is 119 Å². The van der Waals surface area contributed by atoms with Gasteiger partial charge in [-0.25, -0.2) is 14.4 Å². The maximum atomic E-state index is 13.6. The molecule has 0 aliphatic rings. The fraction of sp³-hybridized carbons (Fsp3) is 0.200. The molecule has 0 aliphatic heterocycles. The van der Waals surface area contributed by atoms with Gasteiger partial charge in [-0.05, 0) is 44.8 Å². The summed E-state index contributed by atoms with van der Waals surface area (Å²) >= 11 is 8.30. The molecular formula is C10H8Br2FN3S. The molecule has 0 amide bonds. The van der Waals surface area contributed by atoms with Crippen LogP contribution >= 0.6 is 43.2 Å². The summed E-state index contributed by atoms with van der Waals surface area (Å²) in [6, 6.07) is 1.90. The van der Waals surface area contributed by atoms with Gasteiger partial charge in [0.25, 0.3) is 0 Å². The second-order valence-electron chi connectivity index (χ2n) is 3.28. The summed E-state index contributed by atoms with van der Waals surface area (Å²) in [6.07, 6.45) is 0. The quantitative estimate of drug-likeness (QED) is 0.847. The van der Waals surface area contributed by atoms with Gasteiger partial charge in [-0.1, -0.05) is 0 Å². The van der Waals surface area contributed by atoms with Crippen LogP contribution in [-0.2, 0) is 0 Å². The monoisotopic (exact) mass is 379 g/mol. The molecule has 3 nitrogen and oxygen atoms in total. The Bertz CT molecular complexity index is 551. The van der Waals surface area contributed by atoms with Gasteiger partial charge in [-0.2, -0.15) is 0 Å². The molecule has 2 aromatic rings. The molecular weight excluding hydrogens is 373 g/mol. The van der Waals surface area contributed by atoms with Crippen LogP contribution in [-0.4, -0.2) is 17.0 Å². The Morgan fingerprint density at radius 3 is 2.59 bits per heavy atom. The maximum absolute atomic E-state index is 13.6. The first kappa shape index (κ1) is 12.9. The van der Waals surface area contributed by atoms with Crippen molar-refractivity contribution >= 4 is 49.0 Å². The fourth-order valence-electron chi connectivity index (χ4n) is 1.29. The highest BCUT2D eigenvalue weighted by atomic mass is 79.9. The summed E-state index contributed by atoms with van der Waals surface area (Å²) in [6.45, 7) is 1.62. The van der Waals surface area contributed by atoms with Gasteiger partial charge < -0.3 is 5.32 Å². The van der Waals surface area contributed by atoms with E-state index in [0.29, 0.717) is 11.5 Å². The predicted octanol–water partition coefficient (Wildman–Crippen LogP) is 4.22. The molecule has 7 heteroatoms. The van der Waals surface area contributed by atoms with Crippen molar-refractivity contribution in [2.45, 2.75) is 6.92 Å². The number of halogens is 3. The van der Waals surface area contributed by atoms with Crippen LogP contribution in [0.4, 0.5) is 10.2 Å². The van der Waals surface area contributed by atoms with E-state index in [0.717, 1.165) is 13.1 Å². The molecule has 0 aromatic carbocycles. The first-order chi connectivity index (χ1) is 8.02. The highest BCUT2D eigenvalue weighted by molar-refractivity contribution is 9.13. The molecule has 0 aliphatic carbocycles. The zero-order valence-electron chi connectivity index (χ0n) is 9.01. The third-order valence-corrected chi connectivity index (χ3v) is 5.37. The molecule has 0 radical (unpaired) electrons. The molecule has 2 aromatic heterocycles. The zero-order valence-corrected chi connectivity index (χ0v) is 13.0. The average Bonchev–Trinajstić information content (AvgIpc) is 2.63. The highest BCUT2D eigenvalue weighted by Gasteiger charge is 2.14. The van der Waals surface area contributed by atoms with Gasteiger partial charge in [-0.15, -0.1) is 11.3 Å². The van der Waals surface area contributed by atoms with E-state index < -0.39 is 5.82 Å². The molecule has 0 atom stereocenters. The molecule has 0 spiro atoms. The lowest BCUT2D eigenvalue weighted by Gasteiger charge is -2.05. The van der Waals surface area contributed by atoms with Crippen LogP contribution in [0.3, 0.4) is 0 Å². The van der Waals surface area contributed by atoms with Crippen LogP contribution in [0.1, 0.15) is 5.69 Å². The van der Waals surface area contributed by atoms with Crippen molar-refractivity contribution < 1.29 is 4.39 Å². The number of nitrogens with one attached hydrogen (secondary N) is 1. The minimum atomic E-state index is -0.411. The van der Waals surface area contributed by atoms with E-state index in [1.54, 1.807) is 14.0 Å². The van der Waals surface area contributed by atoms with Crippen molar-refractivity contribution in [1.82, 2.24) is 9.97 Å². The molecule has 0 saturated carbocycles. The summed E-state index contributed by atoms with van der Waals surface area (Å²) in [5, 5.41) is 2.72. The smallest absolute Gasteiger partial charge is 0.186 e. The second-order valence-corrected chi connectivity index (χ2v) is 6.50. The number of aromatic nitrogens is 2. The third kappa shape index (κ3) is 2.51. The Hall–Kier alpha value is -0.530. The summed E-state index contributed by atoms with van der Waals surface area (Å²) in [5.74, 6) is 0.323. The van der Waals surface area contributed by atoms with Crippen LogP contribution in [0, 0.1) is 12.7 Å². The molecule has 0 unspecified atom stereocenters. The average molecular weight is 381 g/mol. The van der Waals surface area contributed by atoms with Crippen LogP contribution in [0.5, 0.6) is 0 Å². The largest absolute Gasteiger partial charge is 0.371 e. The van der Waals surface area contributed by atoms with E-state index in [9.17, 15) is 4.39 Å². The number of nitrogens with zero attached hydrogens (tertiary/aromatic N) is 2. The normalized spacial score (nSPS) is 10.6. The lowest BCUT2D eigenvalue weighted by molar-refractivity contribution is 0.607. The maximum Gasteiger partial charge on any atom is 0.186 e. The Kier molecular flexibility index (Phi) is 3.79. The fourth-order valence-corrected chi connectivity index (χ4v) is 3.26. The van der Waals surface area contributed by atoms with Gasteiger partial charge in [0.15, 0.2) is 17.5 Å². The van der Waals surface area contributed by atoms with Crippen molar-refractivity contribution in [1.29, 1.82) is 0 Å². The van der Waals surface area contributed by atoms with Crippen LogP contribution in [0.25, 0.3) is 10.7 Å².